The van der Waals surface area contributed by atoms with Crippen LogP contribution in [0, 0.1) is 11.3 Å². The maximum atomic E-state index is 12.5. The lowest BCUT2D eigenvalue weighted by Gasteiger charge is -2.32. The molecular weight excluding hydrogens is 406 g/mol. The van der Waals surface area contributed by atoms with Crippen molar-refractivity contribution >= 4 is 21.9 Å². The average Bonchev–Trinajstić information content (AvgIpc) is 2.75. The molecule has 0 aromatic heterocycles. The molecule has 1 aromatic carbocycles. The standard InChI is InChI=1S/C21H29N3O5S/c1-4-24(5-2)30(27,28)18-11-9-17(10-12-18)20(26)29-16(3)19(25)23-21(15-22)13-7-6-8-14-21/h9-12,16H,4-8,13-14H2,1-3H3,(H,23,25). The minimum absolute atomic E-state index is 0.0850. The smallest absolute Gasteiger partial charge is 0.338 e. The molecule has 0 radical (unpaired) electrons. The maximum Gasteiger partial charge on any atom is 0.338 e. The monoisotopic (exact) mass is 435 g/mol. The number of rotatable bonds is 8. The van der Waals surface area contributed by atoms with Crippen molar-refractivity contribution in [3.8, 4) is 6.07 Å². The number of carbonyl (C=O) groups is 2. The minimum Gasteiger partial charge on any atom is -0.449 e. The summed E-state index contributed by atoms with van der Waals surface area (Å²) in [6, 6.07) is 7.62. The molecule has 1 saturated carbocycles. The van der Waals surface area contributed by atoms with Crippen LogP contribution in [0.25, 0.3) is 0 Å². The van der Waals surface area contributed by atoms with Crippen molar-refractivity contribution in [2.24, 2.45) is 0 Å². The number of benzene rings is 1. The largest absolute Gasteiger partial charge is 0.449 e. The Balaban J connectivity index is 2.03. The van der Waals surface area contributed by atoms with Crippen LogP contribution in [0.5, 0.6) is 0 Å². The Morgan fingerprint density at radius 3 is 2.23 bits per heavy atom. The Bertz CT molecular complexity index is 896. The molecule has 0 aliphatic heterocycles. The molecule has 0 saturated heterocycles. The van der Waals surface area contributed by atoms with E-state index in [1.807, 2.05) is 0 Å². The van der Waals surface area contributed by atoms with Gasteiger partial charge in [0.05, 0.1) is 16.5 Å². The van der Waals surface area contributed by atoms with Gasteiger partial charge < -0.3 is 10.1 Å². The van der Waals surface area contributed by atoms with Gasteiger partial charge in [-0.3, -0.25) is 4.79 Å². The second kappa shape index (κ2) is 10.0. The van der Waals surface area contributed by atoms with E-state index in [0.29, 0.717) is 25.9 Å². The normalized spacial score (nSPS) is 17.0. The number of nitrogens with zero attached hydrogens (tertiary/aromatic N) is 2. The number of nitriles is 1. The third-order valence-electron chi connectivity index (χ3n) is 5.37. The zero-order valence-corrected chi connectivity index (χ0v) is 18.5. The SMILES string of the molecule is CCN(CC)S(=O)(=O)c1ccc(C(=O)OC(C)C(=O)NC2(C#N)CCCCC2)cc1. The Hall–Kier alpha value is -2.44. The molecule has 1 N–H and O–H groups in total. The maximum absolute atomic E-state index is 12.5. The third kappa shape index (κ3) is 5.37. The number of amides is 1. The van der Waals surface area contributed by atoms with E-state index in [0.717, 1.165) is 19.3 Å². The third-order valence-corrected chi connectivity index (χ3v) is 7.43. The lowest BCUT2D eigenvalue weighted by atomic mass is 9.83. The first kappa shape index (κ1) is 23.8. The van der Waals surface area contributed by atoms with E-state index in [2.05, 4.69) is 11.4 Å². The molecule has 1 atom stereocenters. The van der Waals surface area contributed by atoms with Crippen molar-refractivity contribution in [2.45, 2.75) is 69.4 Å². The summed E-state index contributed by atoms with van der Waals surface area (Å²) in [6.45, 7) is 5.64. The fourth-order valence-electron chi connectivity index (χ4n) is 3.52. The molecule has 30 heavy (non-hydrogen) atoms. The summed E-state index contributed by atoms with van der Waals surface area (Å²) in [4.78, 5) is 24.9. The molecule has 2 rings (SSSR count). The van der Waals surface area contributed by atoms with E-state index < -0.39 is 33.5 Å². The fraction of sp³-hybridized carbons (Fsp3) is 0.571. The van der Waals surface area contributed by atoms with Crippen molar-refractivity contribution < 1.29 is 22.7 Å². The Morgan fingerprint density at radius 2 is 1.73 bits per heavy atom. The molecule has 1 fully saturated rings. The quantitative estimate of drug-likeness (QED) is 0.627. The number of nitrogens with one attached hydrogen (secondary N) is 1. The van der Waals surface area contributed by atoms with Crippen LogP contribution in [-0.2, 0) is 19.6 Å². The molecule has 1 amide bonds. The summed E-state index contributed by atoms with van der Waals surface area (Å²) in [5, 5.41) is 12.2. The number of esters is 1. The van der Waals surface area contributed by atoms with Gasteiger partial charge >= 0.3 is 5.97 Å². The molecule has 164 valence electrons. The van der Waals surface area contributed by atoms with E-state index in [4.69, 9.17) is 4.74 Å². The van der Waals surface area contributed by atoms with Crippen LogP contribution in [0.3, 0.4) is 0 Å². The molecule has 1 aliphatic rings. The summed E-state index contributed by atoms with van der Waals surface area (Å²) < 4.78 is 31.6. The highest BCUT2D eigenvalue weighted by Gasteiger charge is 2.35. The van der Waals surface area contributed by atoms with Gasteiger partial charge in [-0.05, 0) is 44.0 Å². The van der Waals surface area contributed by atoms with Gasteiger partial charge in [-0.1, -0.05) is 33.1 Å². The van der Waals surface area contributed by atoms with Gasteiger partial charge in [-0.25, -0.2) is 13.2 Å². The number of hydrogen-bond donors (Lipinski definition) is 1. The van der Waals surface area contributed by atoms with Gasteiger partial charge in [-0.2, -0.15) is 9.57 Å². The van der Waals surface area contributed by atoms with Crippen LogP contribution in [0.1, 0.15) is 63.2 Å². The first-order chi connectivity index (χ1) is 14.2. The van der Waals surface area contributed by atoms with Gasteiger partial charge in [0.15, 0.2) is 6.10 Å². The first-order valence-electron chi connectivity index (χ1n) is 10.2. The number of hydrogen-bond acceptors (Lipinski definition) is 6. The molecule has 1 aromatic rings. The van der Waals surface area contributed by atoms with E-state index >= 15 is 0 Å². The van der Waals surface area contributed by atoms with Crippen LogP contribution in [0.4, 0.5) is 0 Å². The lowest BCUT2D eigenvalue weighted by molar-refractivity contribution is -0.130. The van der Waals surface area contributed by atoms with Crippen molar-refractivity contribution in [3.63, 3.8) is 0 Å². The molecule has 0 heterocycles. The molecule has 1 unspecified atom stereocenters. The van der Waals surface area contributed by atoms with Gasteiger partial charge in [-0.15, -0.1) is 0 Å². The topological polar surface area (TPSA) is 117 Å². The van der Waals surface area contributed by atoms with Crippen LogP contribution < -0.4 is 5.32 Å². The van der Waals surface area contributed by atoms with Crippen molar-refractivity contribution in [1.82, 2.24) is 9.62 Å². The highest BCUT2D eigenvalue weighted by molar-refractivity contribution is 7.89. The number of carbonyl (C=O) groups excluding carboxylic acids is 2. The average molecular weight is 436 g/mol. The minimum atomic E-state index is -3.62. The molecule has 0 bridgehead atoms. The van der Waals surface area contributed by atoms with Crippen LogP contribution >= 0.6 is 0 Å². The summed E-state index contributed by atoms with van der Waals surface area (Å²) in [6.07, 6.45) is 2.85. The van der Waals surface area contributed by atoms with E-state index in [9.17, 15) is 23.3 Å². The second-order valence-electron chi connectivity index (χ2n) is 7.41. The van der Waals surface area contributed by atoms with Crippen LogP contribution in [0.15, 0.2) is 29.2 Å². The van der Waals surface area contributed by atoms with Crippen LogP contribution in [0.2, 0.25) is 0 Å². The highest BCUT2D eigenvalue weighted by Crippen LogP contribution is 2.27. The van der Waals surface area contributed by atoms with E-state index in [1.54, 1.807) is 13.8 Å². The summed E-state index contributed by atoms with van der Waals surface area (Å²) in [7, 11) is -3.62. The summed E-state index contributed by atoms with van der Waals surface area (Å²) in [5.41, 5.74) is -0.767. The van der Waals surface area contributed by atoms with Crippen molar-refractivity contribution in [2.75, 3.05) is 13.1 Å². The molecular formula is C21H29N3O5S. The summed E-state index contributed by atoms with van der Waals surface area (Å²) >= 11 is 0. The van der Waals surface area contributed by atoms with Gasteiger partial charge in [0, 0.05) is 13.1 Å². The lowest BCUT2D eigenvalue weighted by Crippen LogP contribution is -2.52. The zero-order chi connectivity index (χ0) is 22.4. The fourth-order valence-corrected chi connectivity index (χ4v) is 4.97. The Kier molecular flexibility index (Phi) is 7.98. The zero-order valence-electron chi connectivity index (χ0n) is 17.7. The second-order valence-corrected chi connectivity index (χ2v) is 9.34. The Morgan fingerprint density at radius 1 is 1.17 bits per heavy atom. The van der Waals surface area contributed by atoms with Gasteiger partial charge in [0.25, 0.3) is 5.91 Å². The highest BCUT2D eigenvalue weighted by atomic mass is 32.2. The predicted molar refractivity (Wildman–Crippen MR) is 111 cm³/mol. The van der Waals surface area contributed by atoms with Crippen LogP contribution in [-0.4, -0.2) is 49.3 Å². The Labute approximate surface area is 178 Å². The van der Waals surface area contributed by atoms with Gasteiger partial charge in [0.1, 0.15) is 5.54 Å². The molecule has 8 nitrogen and oxygen atoms in total. The number of sulfonamides is 1. The van der Waals surface area contributed by atoms with E-state index in [-0.39, 0.29) is 10.5 Å². The predicted octanol–water partition coefficient (Wildman–Crippen LogP) is 2.61. The van der Waals surface area contributed by atoms with Crippen molar-refractivity contribution in [3.05, 3.63) is 29.8 Å². The molecule has 0 spiro atoms. The molecule has 1 aliphatic carbocycles. The van der Waals surface area contributed by atoms with Crippen molar-refractivity contribution in [1.29, 1.82) is 5.26 Å². The number of ether oxygens (including phenoxy) is 1. The van der Waals surface area contributed by atoms with Gasteiger partial charge in [0.2, 0.25) is 10.0 Å². The molecule has 9 heteroatoms. The van der Waals surface area contributed by atoms with E-state index in [1.165, 1.54) is 35.5 Å². The first-order valence-corrected chi connectivity index (χ1v) is 11.7. The summed E-state index contributed by atoms with van der Waals surface area (Å²) in [5.74, 6) is -1.26.